The highest BCUT2D eigenvalue weighted by Gasteiger charge is 2.20. The molecule has 1 atom stereocenters. The lowest BCUT2D eigenvalue weighted by molar-refractivity contribution is 0.404. The van der Waals surface area contributed by atoms with Gasteiger partial charge in [-0.05, 0) is 53.6 Å². The molecule has 1 N–H and O–H groups in total. The van der Waals surface area contributed by atoms with Crippen LogP contribution in [0.5, 0.6) is 5.75 Å². The first-order valence-electron chi connectivity index (χ1n) is 6.26. The molecule has 0 aliphatic rings. The minimum absolute atomic E-state index is 0.170. The van der Waals surface area contributed by atoms with E-state index in [9.17, 15) is 0 Å². The fraction of sp³-hybridized carbons (Fsp3) is 0.333. The lowest BCUT2D eigenvalue weighted by Crippen LogP contribution is -2.22. The van der Waals surface area contributed by atoms with Crippen molar-refractivity contribution in [3.63, 3.8) is 0 Å². The Balaban J connectivity index is 2.50. The first-order chi connectivity index (χ1) is 9.17. The molecule has 102 valence electrons. The molecule has 0 fully saturated rings. The molecule has 0 amide bonds. The number of halogens is 1. The van der Waals surface area contributed by atoms with E-state index in [1.54, 1.807) is 18.4 Å². The van der Waals surface area contributed by atoms with E-state index in [0.29, 0.717) is 0 Å². The van der Waals surface area contributed by atoms with Gasteiger partial charge in [-0.15, -0.1) is 0 Å². The third-order valence-corrected chi connectivity index (χ3v) is 4.49. The molecule has 4 heteroatoms. The lowest BCUT2D eigenvalue weighted by Gasteiger charge is -2.21. The summed E-state index contributed by atoms with van der Waals surface area (Å²) in [5.74, 6) is 0.916. The normalized spacial score (nSPS) is 12.4. The molecular formula is C15H18BrNOS. The first kappa shape index (κ1) is 14.6. The molecule has 19 heavy (non-hydrogen) atoms. The highest BCUT2D eigenvalue weighted by molar-refractivity contribution is 9.10. The molecule has 2 rings (SSSR count). The van der Waals surface area contributed by atoms with Crippen molar-refractivity contribution in [1.29, 1.82) is 0 Å². The first-order valence-corrected chi connectivity index (χ1v) is 8.00. The monoisotopic (exact) mass is 339 g/mol. The second kappa shape index (κ2) is 6.55. The van der Waals surface area contributed by atoms with Gasteiger partial charge < -0.3 is 10.1 Å². The van der Waals surface area contributed by atoms with Crippen molar-refractivity contribution in [2.75, 3.05) is 13.7 Å². The third-order valence-electron chi connectivity index (χ3n) is 3.12. The summed E-state index contributed by atoms with van der Waals surface area (Å²) in [6.45, 7) is 5.19. The van der Waals surface area contributed by atoms with Crippen LogP contribution in [-0.2, 0) is 0 Å². The van der Waals surface area contributed by atoms with E-state index in [1.165, 1.54) is 16.7 Å². The van der Waals surface area contributed by atoms with Gasteiger partial charge in [-0.25, -0.2) is 0 Å². The van der Waals surface area contributed by atoms with E-state index in [-0.39, 0.29) is 6.04 Å². The number of hydrogen-bond donors (Lipinski definition) is 1. The number of aryl methyl sites for hydroxylation is 1. The van der Waals surface area contributed by atoms with Crippen LogP contribution in [0.1, 0.15) is 29.7 Å². The van der Waals surface area contributed by atoms with Gasteiger partial charge in [-0.2, -0.15) is 11.3 Å². The van der Waals surface area contributed by atoms with Crippen molar-refractivity contribution in [1.82, 2.24) is 5.32 Å². The van der Waals surface area contributed by atoms with Crippen LogP contribution < -0.4 is 10.1 Å². The van der Waals surface area contributed by atoms with Crippen LogP contribution in [0.2, 0.25) is 0 Å². The number of rotatable bonds is 5. The van der Waals surface area contributed by atoms with Gasteiger partial charge in [-0.1, -0.05) is 22.9 Å². The quantitative estimate of drug-likeness (QED) is 0.864. The van der Waals surface area contributed by atoms with Crippen LogP contribution >= 0.6 is 27.3 Å². The van der Waals surface area contributed by atoms with Crippen molar-refractivity contribution >= 4 is 27.3 Å². The number of thiophene rings is 1. The number of nitrogens with one attached hydrogen (secondary N) is 1. The van der Waals surface area contributed by atoms with Crippen LogP contribution in [0.15, 0.2) is 33.4 Å². The van der Waals surface area contributed by atoms with Gasteiger partial charge >= 0.3 is 0 Å². The highest BCUT2D eigenvalue weighted by Crippen LogP contribution is 2.34. The minimum atomic E-state index is 0.170. The van der Waals surface area contributed by atoms with E-state index < -0.39 is 0 Å². The van der Waals surface area contributed by atoms with Crippen LogP contribution in [-0.4, -0.2) is 13.7 Å². The van der Waals surface area contributed by atoms with Crippen molar-refractivity contribution < 1.29 is 4.74 Å². The van der Waals surface area contributed by atoms with Crippen molar-refractivity contribution in [2.45, 2.75) is 19.9 Å². The number of benzene rings is 1. The Bertz CT molecular complexity index is 553. The Morgan fingerprint density at radius 1 is 1.32 bits per heavy atom. The zero-order chi connectivity index (χ0) is 13.8. The fourth-order valence-electron chi connectivity index (χ4n) is 2.19. The molecule has 0 spiro atoms. The molecular weight excluding hydrogens is 322 g/mol. The Kier molecular flexibility index (Phi) is 5.02. The summed E-state index contributed by atoms with van der Waals surface area (Å²) < 4.78 is 6.58. The fourth-order valence-corrected chi connectivity index (χ4v) is 3.44. The predicted molar refractivity (Wildman–Crippen MR) is 85.3 cm³/mol. The maximum Gasteiger partial charge on any atom is 0.124 e. The van der Waals surface area contributed by atoms with E-state index >= 15 is 0 Å². The Hall–Kier alpha value is -0.840. The zero-order valence-corrected chi connectivity index (χ0v) is 13.8. The largest absolute Gasteiger partial charge is 0.496 e. The molecule has 0 saturated carbocycles. The van der Waals surface area contributed by atoms with Gasteiger partial charge in [0.25, 0.3) is 0 Å². The van der Waals surface area contributed by atoms with Crippen LogP contribution in [0, 0.1) is 6.92 Å². The van der Waals surface area contributed by atoms with Crippen molar-refractivity contribution in [3.8, 4) is 5.75 Å². The maximum atomic E-state index is 5.51. The van der Waals surface area contributed by atoms with Crippen molar-refractivity contribution in [2.24, 2.45) is 0 Å². The molecule has 1 aromatic heterocycles. The second-order valence-corrected chi connectivity index (χ2v) is 6.05. The molecule has 0 saturated heterocycles. The molecule has 2 aromatic rings. The van der Waals surface area contributed by atoms with E-state index in [4.69, 9.17) is 4.74 Å². The number of hydrogen-bond acceptors (Lipinski definition) is 3. The van der Waals surface area contributed by atoms with E-state index in [2.05, 4.69) is 51.9 Å². The second-order valence-electron chi connectivity index (χ2n) is 4.39. The highest BCUT2D eigenvalue weighted by atomic mass is 79.9. The van der Waals surface area contributed by atoms with Crippen LogP contribution in [0.25, 0.3) is 0 Å². The maximum absolute atomic E-state index is 5.51. The molecule has 0 radical (unpaired) electrons. The van der Waals surface area contributed by atoms with Gasteiger partial charge in [0, 0.05) is 10.0 Å². The lowest BCUT2D eigenvalue weighted by atomic mass is 9.97. The summed E-state index contributed by atoms with van der Waals surface area (Å²) in [7, 11) is 1.72. The van der Waals surface area contributed by atoms with Gasteiger partial charge in [0.15, 0.2) is 0 Å². The molecule has 1 heterocycles. The number of ether oxygens (including phenoxy) is 1. The smallest absolute Gasteiger partial charge is 0.124 e. The van der Waals surface area contributed by atoms with E-state index in [0.717, 1.165) is 16.8 Å². The standard InChI is InChI=1S/C15H18BrNOS/c1-4-17-15(13-9-19-8-10(13)2)12-7-11(16)5-6-14(12)18-3/h5-9,15,17H,4H2,1-3H3. The summed E-state index contributed by atoms with van der Waals surface area (Å²) in [6.07, 6.45) is 0. The zero-order valence-electron chi connectivity index (χ0n) is 11.4. The van der Waals surface area contributed by atoms with Gasteiger partial charge in [0.2, 0.25) is 0 Å². The summed E-state index contributed by atoms with van der Waals surface area (Å²) >= 11 is 5.29. The van der Waals surface area contributed by atoms with Gasteiger partial charge in [0.05, 0.1) is 13.2 Å². The molecule has 2 nitrogen and oxygen atoms in total. The molecule has 0 aliphatic carbocycles. The summed E-state index contributed by atoms with van der Waals surface area (Å²) in [4.78, 5) is 0. The predicted octanol–water partition coefficient (Wildman–Crippen LogP) is 4.53. The average Bonchev–Trinajstić information content (AvgIpc) is 2.82. The topological polar surface area (TPSA) is 21.3 Å². The number of methoxy groups -OCH3 is 1. The minimum Gasteiger partial charge on any atom is -0.496 e. The Morgan fingerprint density at radius 2 is 2.11 bits per heavy atom. The Morgan fingerprint density at radius 3 is 2.68 bits per heavy atom. The van der Waals surface area contributed by atoms with Gasteiger partial charge in [-0.3, -0.25) is 0 Å². The molecule has 0 aliphatic heterocycles. The molecule has 0 bridgehead atoms. The SMILES string of the molecule is CCNC(c1cscc1C)c1cc(Br)ccc1OC. The molecule has 1 aromatic carbocycles. The summed E-state index contributed by atoms with van der Waals surface area (Å²) in [5, 5.41) is 7.95. The van der Waals surface area contributed by atoms with Crippen molar-refractivity contribution in [3.05, 3.63) is 50.1 Å². The Labute approximate surface area is 126 Å². The molecule has 1 unspecified atom stereocenters. The average molecular weight is 340 g/mol. The van der Waals surface area contributed by atoms with Crippen LogP contribution in [0.3, 0.4) is 0 Å². The van der Waals surface area contributed by atoms with Crippen LogP contribution in [0.4, 0.5) is 0 Å². The summed E-state index contributed by atoms with van der Waals surface area (Å²) in [6, 6.07) is 6.31. The van der Waals surface area contributed by atoms with E-state index in [1.807, 2.05) is 12.1 Å². The van der Waals surface area contributed by atoms with Gasteiger partial charge in [0.1, 0.15) is 5.75 Å². The summed E-state index contributed by atoms with van der Waals surface area (Å²) in [5.41, 5.74) is 3.81. The third kappa shape index (κ3) is 3.19.